The van der Waals surface area contributed by atoms with Gasteiger partial charge in [0.1, 0.15) is 5.82 Å². The monoisotopic (exact) mass is 229 g/mol. The zero-order valence-electron chi connectivity index (χ0n) is 10.5. The predicted octanol–water partition coefficient (Wildman–Crippen LogP) is 2.38. The number of aryl methyl sites for hydroxylation is 1. The highest BCUT2D eigenvalue weighted by Crippen LogP contribution is 2.20. The maximum atomic E-state index is 5.62. The van der Waals surface area contributed by atoms with Crippen LogP contribution in [0, 0.1) is 6.92 Å². The quantitative estimate of drug-likeness (QED) is 0.874. The average Bonchev–Trinajstić information content (AvgIpc) is 2.72. The van der Waals surface area contributed by atoms with E-state index in [0.717, 1.165) is 18.8 Å². The summed E-state index contributed by atoms with van der Waals surface area (Å²) in [6.07, 6.45) is 2.82. The van der Waals surface area contributed by atoms with Crippen molar-refractivity contribution in [3.05, 3.63) is 41.7 Å². The number of hydrogen-bond donors (Lipinski definition) is 1. The van der Waals surface area contributed by atoms with Gasteiger partial charge in [-0.25, -0.2) is 4.98 Å². The number of hydrogen-bond acceptors (Lipinski definition) is 2. The second kappa shape index (κ2) is 5.15. The molecule has 0 fully saturated rings. The van der Waals surface area contributed by atoms with E-state index in [1.54, 1.807) is 0 Å². The fourth-order valence-corrected chi connectivity index (χ4v) is 2.13. The smallest absolute Gasteiger partial charge is 0.140 e. The van der Waals surface area contributed by atoms with Gasteiger partial charge < -0.3 is 10.3 Å². The van der Waals surface area contributed by atoms with Crippen LogP contribution in [-0.4, -0.2) is 16.1 Å². The second-order valence-electron chi connectivity index (χ2n) is 4.23. The zero-order chi connectivity index (χ0) is 12.3. The Balaban J connectivity index is 2.45. The molecule has 0 aliphatic rings. The second-order valence-corrected chi connectivity index (χ2v) is 4.23. The van der Waals surface area contributed by atoms with E-state index in [4.69, 9.17) is 5.73 Å². The van der Waals surface area contributed by atoms with Crippen molar-refractivity contribution in [2.45, 2.75) is 26.8 Å². The fourth-order valence-electron chi connectivity index (χ4n) is 2.13. The standard InChI is InChI=1S/C14H19N3/c1-3-17-13(7-8-15)10-16-14(17)12-6-4-5-11(2)9-12/h4-6,9-10H,3,7-8,15H2,1-2H3. The van der Waals surface area contributed by atoms with Gasteiger partial charge in [0, 0.05) is 30.4 Å². The van der Waals surface area contributed by atoms with Crippen LogP contribution < -0.4 is 5.73 Å². The first-order valence-electron chi connectivity index (χ1n) is 6.07. The maximum absolute atomic E-state index is 5.62. The molecule has 1 heterocycles. The first-order chi connectivity index (χ1) is 8.26. The summed E-state index contributed by atoms with van der Waals surface area (Å²) < 4.78 is 2.24. The predicted molar refractivity (Wildman–Crippen MR) is 70.8 cm³/mol. The summed E-state index contributed by atoms with van der Waals surface area (Å²) in [4.78, 5) is 4.52. The summed E-state index contributed by atoms with van der Waals surface area (Å²) in [7, 11) is 0. The number of aromatic nitrogens is 2. The van der Waals surface area contributed by atoms with Gasteiger partial charge in [0.15, 0.2) is 0 Å². The summed E-state index contributed by atoms with van der Waals surface area (Å²) in [6.45, 7) is 5.84. The van der Waals surface area contributed by atoms with Crippen molar-refractivity contribution in [3.63, 3.8) is 0 Å². The number of imidazole rings is 1. The molecule has 1 aromatic carbocycles. The van der Waals surface area contributed by atoms with Crippen molar-refractivity contribution in [1.82, 2.24) is 9.55 Å². The van der Waals surface area contributed by atoms with Crippen LogP contribution in [0.4, 0.5) is 0 Å². The molecule has 17 heavy (non-hydrogen) atoms. The summed E-state index contributed by atoms with van der Waals surface area (Å²) in [6, 6.07) is 8.44. The van der Waals surface area contributed by atoms with Crippen LogP contribution in [0.5, 0.6) is 0 Å². The molecule has 0 aliphatic carbocycles. The lowest BCUT2D eigenvalue weighted by atomic mass is 10.1. The van der Waals surface area contributed by atoms with Crippen molar-refractivity contribution in [3.8, 4) is 11.4 Å². The Morgan fingerprint density at radius 2 is 2.18 bits per heavy atom. The molecule has 2 aromatic rings. The molecule has 0 bridgehead atoms. The van der Waals surface area contributed by atoms with E-state index in [9.17, 15) is 0 Å². The van der Waals surface area contributed by atoms with Gasteiger partial charge in [0.2, 0.25) is 0 Å². The normalized spacial score (nSPS) is 10.8. The maximum Gasteiger partial charge on any atom is 0.140 e. The molecule has 3 heteroatoms. The Morgan fingerprint density at radius 3 is 2.82 bits per heavy atom. The van der Waals surface area contributed by atoms with Gasteiger partial charge in [-0.05, 0) is 26.5 Å². The highest BCUT2D eigenvalue weighted by Gasteiger charge is 2.09. The van der Waals surface area contributed by atoms with E-state index >= 15 is 0 Å². The molecule has 2 rings (SSSR count). The molecule has 0 saturated heterocycles. The van der Waals surface area contributed by atoms with Crippen molar-refractivity contribution in [1.29, 1.82) is 0 Å². The van der Waals surface area contributed by atoms with Crippen molar-refractivity contribution in [2.75, 3.05) is 6.54 Å². The highest BCUT2D eigenvalue weighted by atomic mass is 15.1. The third kappa shape index (κ3) is 2.39. The van der Waals surface area contributed by atoms with E-state index in [1.165, 1.54) is 16.8 Å². The van der Waals surface area contributed by atoms with Crippen LogP contribution in [0.25, 0.3) is 11.4 Å². The molecule has 0 amide bonds. The fraction of sp³-hybridized carbons (Fsp3) is 0.357. The average molecular weight is 229 g/mol. The minimum atomic E-state index is 0.666. The van der Waals surface area contributed by atoms with Gasteiger partial charge in [-0.1, -0.05) is 23.8 Å². The van der Waals surface area contributed by atoms with Crippen LogP contribution in [0.15, 0.2) is 30.5 Å². The van der Waals surface area contributed by atoms with Gasteiger partial charge in [-0.15, -0.1) is 0 Å². The van der Waals surface area contributed by atoms with Gasteiger partial charge in [-0.3, -0.25) is 0 Å². The molecule has 3 nitrogen and oxygen atoms in total. The van der Waals surface area contributed by atoms with E-state index in [2.05, 4.69) is 47.7 Å². The Kier molecular flexibility index (Phi) is 3.59. The van der Waals surface area contributed by atoms with Crippen LogP contribution in [-0.2, 0) is 13.0 Å². The minimum absolute atomic E-state index is 0.666. The molecule has 0 radical (unpaired) electrons. The van der Waals surface area contributed by atoms with Gasteiger partial charge in [0.25, 0.3) is 0 Å². The van der Waals surface area contributed by atoms with E-state index in [0.29, 0.717) is 6.54 Å². The first-order valence-corrected chi connectivity index (χ1v) is 6.07. The van der Waals surface area contributed by atoms with Crippen molar-refractivity contribution < 1.29 is 0 Å². The first kappa shape index (κ1) is 11.9. The summed E-state index contributed by atoms with van der Waals surface area (Å²) >= 11 is 0. The number of benzene rings is 1. The van der Waals surface area contributed by atoms with E-state index < -0.39 is 0 Å². The van der Waals surface area contributed by atoms with Crippen molar-refractivity contribution in [2.24, 2.45) is 5.73 Å². The number of nitrogens with zero attached hydrogens (tertiary/aromatic N) is 2. The van der Waals surface area contributed by atoms with E-state index in [-0.39, 0.29) is 0 Å². The Labute approximate surface area is 102 Å². The molecular formula is C14H19N3. The highest BCUT2D eigenvalue weighted by molar-refractivity contribution is 5.57. The third-order valence-corrected chi connectivity index (χ3v) is 2.93. The largest absolute Gasteiger partial charge is 0.330 e. The SMILES string of the molecule is CCn1c(CCN)cnc1-c1cccc(C)c1. The van der Waals surface area contributed by atoms with Crippen LogP contribution in [0.1, 0.15) is 18.2 Å². The van der Waals surface area contributed by atoms with Gasteiger partial charge >= 0.3 is 0 Å². The van der Waals surface area contributed by atoms with Crippen LogP contribution >= 0.6 is 0 Å². The summed E-state index contributed by atoms with van der Waals surface area (Å²) in [5.74, 6) is 1.04. The van der Waals surface area contributed by atoms with Crippen molar-refractivity contribution >= 4 is 0 Å². The van der Waals surface area contributed by atoms with Gasteiger partial charge in [-0.2, -0.15) is 0 Å². The molecule has 0 saturated carbocycles. The molecular weight excluding hydrogens is 210 g/mol. The summed E-state index contributed by atoms with van der Waals surface area (Å²) in [5.41, 5.74) is 9.26. The molecule has 90 valence electrons. The lowest BCUT2D eigenvalue weighted by molar-refractivity contribution is 0.714. The topological polar surface area (TPSA) is 43.8 Å². The third-order valence-electron chi connectivity index (χ3n) is 2.93. The lowest BCUT2D eigenvalue weighted by Gasteiger charge is -2.09. The van der Waals surface area contributed by atoms with Gasteiger partial charge in [0.05, 0.1) is 0 Å². The molecule has 0 aliphatic heterocycles. The Hall–Kier alpha value is -1.61. The van der Waals surface area contributed by atoms with E-state index in [1.807, 2.05) is 6.20 Å². The minimum Gasteiger partial charge on any atom is -0.330 e. The Morgan fingerprint density at radius 1 is 1.35 bits per heavy atom. The summed E-state index contributed by atoms with van der Waals surface area (Å²) in [5, 5.41) is 0. The van der Waals surface area contributed by atoms with Crippen LogP contribution in [0.3, 0.4) is 0 Å². The Bertz CT molecular complexity index is 500. The molecule has 0 spiro atoms. The zero-order valence-corrected chi connectivity index (χ0v) is 10.5. The molecule has 1 aromatic heterocycles. The molecule has 2 N–H and O–H groups in total. The number of nitrogens with two attached hydrogens (primary N) is 1. The molecule has 0 atom stereocenters. The van der Waals surface area contributed by atoms with Crippen LogP contribution in [0.2, 0.25) is 0 Å². The lowest BCUT2D eigenvalue weighted by Crippen LogP contribution is -2.09. The molecule has 0 unspecified atom stereocenters. The number of rotatable bonds is 4.